The molecule has 0 saturated heterocycles. The van der Waals surface area contributed by atoms with Gasteiger partial charge >= 0.3 is 6.18 Å². The lowest BCUT2D eigenvalue weighted by Gasteiger charge is -2.14. The molecule has 1 aromatic heterocycles. The van der Waals surface area contributed by atoms with Gasteiger partial charge in [0.05, 0.1) is 11.7 Å². The zero-order valence-corrected chi connectivity index (χ0v) is 9.38. The molecule has 16 heavy (non-hydrogen) atoms. The SMILES string of the molecule is Cc1cc(N)n(C(C)CCCC(F)(F)F)n1. The number of halogens is 3. The zero-order valence-electron chi connectivity index (χ0n) is 9.38. The molecule has 1 atom stereocenters. The first-order valence-electron chi connectivity index (χ1n) is 5.18. The molecule has 0 aliphatic carbocycles. The fourth-order valence-corrected chi connectivity index (χ4v) is 1.61. The molecule has 3 nitrogen and oxygen atoms in total. The van der Waals surface area contributed by atoms with Gasteiger partial charge in [0, 0.05) is 12.5 Å². The van der Waals surface area contributed by atoms with Crippen molar-refractivity contribution in [1.82, 2.24) is 9.78 Å². The molecule has 0 aliphatic rings. The number of aryl methyl sites for hydroxylation is 1. The predicted molar refractivity (Wildman–Crippen MR) is 56.0 cm³/mol. The van der Waals surface area contributed by atoms with Crippen LogP contribution in [0.2, 0.25) is 0 Å². The molecule has 92 valence electrons. The van der Waals surface area contributed by atoms with E-state index < -0.39 is 12.6 Å². The molecular formula is C10H16F3N3. The van der Waals surface area contributed by atoms with E-state index in [4.69, 9.17) is 5.73 Å². The van der Waals surface area contributed by atoms with E-state index in [0.29, 0.717) is 12.2 Å². The van der Waals surface area contributed by atoms with Crippen LogP contribution in [0.15, 0.2) is 6.07 Å². The molecule has 2 N–H and O–H groups in total. The van der Waals surface area contributed by atoms with Crippen LogP contribution in [-0.2, 0) is 0 Å². The van der Waals surface area contributed by atoms with E-state index >= 15 is 0 Å². The van der Waals surface area contributed by atoms with Crippen LogP contribution in [0.3, 0.4) is 0 Å². The highest BCUT2D eigenvalue weighted by atomic mass is 19.4. The molecule has 1 heterocycles. The van der Waals surface area contributed by atoms with Gasteiger partial charge in [0.25, 0.3) is 0 Å². The summed E-state index contributed by atoms with van der Waals surface area (Å²) < 4.78 is 37.4. The van der Waals surface area contributed by atoms with Crippen molar-refractivity contribution in [2.45, 2.75) is 45.3 Å². The Hall–Kier alpha value is -1.20. The Morgan fingerprint density at radius 2 is 2.12 bits per heavy atom. The van der Waals surface area contributed by atoms with Crippen LogP contribution in [0.25, 0.3) is 0 Å². The van der Waals surface area contributed by atoms with Crippen LogP contribution < -0.4 is 5.73 Å². The molecule has 0 bridgehead atoms. The maximum Gasteiger partial charge on any atom is 0.389 e. The quantitative estimate of drug-likeness (QED) is 0.871. The van der Waals surface area contributed by atoms with Gasteiger partial charge in [-0.25, -0.2) is 4.68 Å². The molecule has 0 aromatic carbocycles. The average Bonchev–Trinajstić information content (AvgIpc) is 2.43. The van der Waals surface area contributed by atoms with Crippen molar-refractivity contribution < 1.29 is 13.2 Å². The number of hydrogen-bond donors (Lipinski definition) is 1. The number of aromatic nitrogens is 2. The van der Waals surface area contributed by atoms with Gasteiger partial charge in [0.2, 0.25) is 0 Å². The molecule has 0 radical (unpaired) electrons. The van der Waals surface area contributed by atoms with Crippen LogP contribution in [0.1, 0.15) is 37.9 Å². The summed E-state index contributed by atoms with van der Waals surface area (Å²) in [5.74, 6) is 0.497. The highest BCUT2D eigenvalue weighted by Crippen LogP contribution is 2.25. The molecule has 0 spiro atoms. The minimum Gasteiger partial charge on any atom is -0.384 e. The van der Waals surface area contributed by atoms with Crippen LogP contribution in [0.4, 0.5) is 19.0 Å². The van der Waals surface area contributed by atoms with E-state index in [-0.39, 0.29) is 12.5 Å². The Morgan fingerprint density at radius 3 is 2.56 bits per heavy atom. The van der Waals surface area contributed by atoms with E-state index in [2.05, 4.69) is 5.10 Å². The van der Waals surface area contributed by atoms with Crippen LogP contribution in [0, 0.1) is 6.92 Å². The monoisotopic (exact) mass is 235 g/mol. The third-order valence-corrected chi connectivity index (χ3v) is 2.39. The smallest absolute Gasteiger partial charge is 0.384 e. The van der Waals surface area contributed by atoms with Crippen molar-refractivity contribution in [3.8, 4) is 0 Å². The third kappa shape index (κ3) is 3.75. The Bertz CT molecular complexity index is 344. The van der Waals surface area contributed by atoms with Crippen LogP contribution in [-0.4, -0.2) is 16.0 Å². The Balaban J connectivity index is 2.47. The summed E-state index contributed by atoms with van der Waals surface area (Å²) in [7, 11) is 0. The average molecular weight is 235 g/mol. The first-order valence-corrected chi connectivity index (χ1v) is 5.18. The molecular weight excluding hydrogens is 219 g/mol. The van der Waals surface area contributed by atoms with E-state index in [1.807, 2.05) is 6.92 Å². The van der Waals surface area contributed by atoms with Gasteiger partial charge in [-0.3, -0.25) is 0 Å². The lowest BCUT2D eigenvalue weighted by molar-refractivity contribution is -0.135. The minimum absolute atomic E-state index is 0.100. The maximum atomic E-state index is 11.9. The summed E-state index contributed by atoms with van der Waals surface area (Å²) >= 11 is 0. The Kier molecular flexibility index (Phi) is 3.83. The largest absolute Gasteiger partial charge is 0.389 e. The van der Waals surface area contributed by atoms with Crippen LogP contribution in [0.5, 0.6) is 0 Å². The highest BCUT2D eigenvalue weighted by molar-refractivity contribution is 5.30. The third-order valence-electron chi connectivity index (χ3n) is 2.39. The highest BCUT2D eigenvalue weighted by Gasteiger charge is 2.26. The van der Waals surface area contributed by atoms with E-state index in [1.54, 1.807) is 17.7 Å². The number of nitrogens with two attached hydrogens (primary N) is 1. The van der Waals surface area contributed by atoms with Gasteiger partial charge in [-0.05, 0) is 26.7 Å². The van der Waals surface area contributed by atoms with Gasteiger partial charge < -0.3 is 5.73 Å². The summed E-state index contributed by atoms with van der Waals surface area (Å²) in [5, 5.41) is 4.14. The van der Waals surface area contributed by atoms with Crippen molar-refractivity contribution >= 4 is 5.82 Å². The van der Waals surface area contributed by atoms with Gasteiger partial charge in [-0.1, -0.05) is 0 Å². The van der Waals surface area contributed by atoms with Gasteiger partial charge in [0.1, 0.15) is 5.82 Å². The maximum absolute atomic E-state index is 11.9. The van der Waals surface area contributed by atoms with E-state index in [9.17, 15) is 13.2 Å². The standard InChI is InChI=1S/C10H16F3N3/c1-7-6-9(14)16(15-7)8(2)4-3-5-10(11,12)13/h6,8H,3-5,14H2,1-2H3. The molecule has 1 rings (SSSR count). The zero-order chi connectivity index (χ0) is 12.3. The summed E-state index contributed by atoms with van der Waals surface area (Å²) in [6, 6.07) is 1.61. The molecule has 0 fully saturated rings. The normalized spacial score (nSPS) is 14.1. The number of alkyl halides is 3. The van der Waals surface area contributed by atoms with Gasteiger partial charge in [-0.15, -0.1) is 0 Å². The van der Waals surface area contributed by atoms with Crippen molar-refractivity contribution in [1.29, 1.82) is 0 Å². The molecule has 0 amide bonds. The van der Waals surface area contributed by atoms with Crippen LogP contribution >= 0.6 is 0 Å². The van der Waals surface area contributed by atoms with E-state index in [0.717, 1.165) is 5.69 Å². The number of anilines is 1. The fraction of sp³-hybridized carbons (Fsp3) is 0.700. The summed E-state index contributed by atoms with van der Waals surface area (Å²) in [4.78, 5) is 0. The second kappa shape index (κ2) is 4.76. The molecule has 1 unspecified atom stereocenters. The second-order valence-corrected chi connectivity index (χ2v) is 4.01. The Morgan fingerprint density at radius 1 is 1.50 bits per heavy atom. The predicted octanol–water partition coefficient (Wildman–Crippen LogP) is 3.07. The number of hydrogen-bond acceptors (Lipinski definition) is 2. The Labute approximate surface area is 92.4 Å². The van der Waals surface area contributed by atoms with Crippen molar-refractivity contribution in [2.24, 2.45) is 0 Å². The van der Waals surface area contributed by atoms with Crippen molar-refractivity contribution in [3.63, 3.8) is 0 Å². The van der Waals surface area contributed by atoms with Gasteiger partial charge in [-0.2, -0.15) is 18.3 Å². The number of nitrogen functional groups attached to an aromatic ring is 1. The first kappa shape index (κ1) is 12.9. The first-order chi connectivity index (χ1) is 7.29. The number of nitrogens with zero attached hydrogens (tertiary/aromatic N) is 2. The lowest BCUT2D eigenvalue weighted by atomic mass is 10.1. The summed E-state index contributed by atoms with van der Waals surface area (Å²) in [6.07, 6.45) is -4.31. The minimum atomic E-state index is -4.08. The van der Waals surface area contributed by atoms with Gasteiger partial charge in [0.15, 0.2) is 0 Å². The van der Waals surface area contributed by atoms with Crippen molar-refractivity contribution in [3.05, 3.63) is 11.8 Å². The molecule has 0 saturated carbocycles. The summed E-state index contributed by atoms with van der Waals surface area (Å²) in [6.45, 7) is 3.62. The van der Waals surface area contributed by atoms with E-state index in [1.165, 1.54) is 0 Å². The summed E-state index contributed by atoms with van der Waals surface area (Å²) in [5.41, 5.74) is 6.46. The fourth-order valence-electron chi connectivity index (χ4n) is 1.61. The number of rotatable bonds is 4. The molecule has 6 heteroatoms. The van der Waals surface area contributed by atoms with Crippen molar-refractivity contribution in [2.75, 3.05) is 5.73 Å². The molecule has 0 aliphatic heterocycles. The molecule has 1 aromatic rings. The second-order valence-electron chi connectivity index (χ2n) is 4.01. The topological polar surface area (TPSA) is 43.8 Å². The lowest BCUT2D eigenvalue weighted by Crippen LogP contribution is -2.12.